The van der Waals surface area contributed by atoms with Crippen molar-refractivity contribution in [3.8, 4) is 12.3 Å². The van der Waals surface area contributed by atoms with Crippen LogP contribution in [0.5, 0.6) is 0 Å². The molecule has 0 bridgehead atoms. The summed E-state index contributed by atoms with van der Waals surface area (Å²) in [7, 11) is 0. The molecule has 0 aliphatic carbocycles. The molecule has 0 unspecified atom stereocenters. The molecule has 0 atom stereocenters. The van der Waals surface area contributed by atoms with E-state index in [0.717, 1.165) is 0 Å². The van der Waals surface area contributed by atoms with Crippen LogP contribution in [0, 0.1) is 19.3 Å². The lowest BCUT2D eigenvalue weighted by Crippen LogP contribution is -3.00. The van der Waals surface area contributed by atoms with Gasteiger partial charge in [0.15, 0.2) is 0 Å². The molecule has 0 amide bonds. The summed E-state index contributed by atoms with van der Waals surface area (Å²) in [6.45, 7) is 2.76. The van der Waals surface area contributed by atoms with E-state index in [0.29, 0.717) is 6.54 Å². The molecule has 1 aromatic heterocycles. The van der Waals surface area contributed by atoms with Gasteiger partial charge in [-0.1, -0.05) is 23.5 Å². The van der Waals surface area contributed by atoms with Gasteiger partial charge in [-0.05, 0) is 12.0 Å². The van der Waals surface area contributed by atoms with Crippen molar-refractivity contribution >= 4 is 21.6 Å². The highest BCUT2D eigenvalue weighted by Gasteiger charge is 2.14. The maximum Gasteiger partial charge on any atom is 0.236 e. The number of nitrogens with zero attached hydrogens (tertiary/aromatic N) is 1. The molecule has 0 N–H and O–H groups in total. The first kappa shape index (κ1) is 11.2. The molecule has 2 rings (SSSR count). The molecule has 0 aliphatic rings. The molecule has 0 saturated carbocycles. The zero-order valence-corrected chi connectivity index (χ0v) is 10.2. The van der Waals surface area contributed by atoms with Gasteiger partial charge in [-0.3, -0.25) is 0 Å². The van der Waals surface area contributed by atoms with Crippen LogP contribution in [0.25, 0.3) is 10.2 Å². The first-order chi connectivity index (χ1) is 6.33. The van der Waals surface area contributed by atoms with E-state index in [4.69, 9.17) is 6.42 Å². The SMILES string of the molecule is C#CC[n+]1c(C)sc2ccccc21.[Br-]. The number of halogens is 1. The Balaban J connectivity index is 0.000000980. The normalized spacial score (nSPS) is 9.43. The average Bonchev–Trinajstić information content (AvgIpc) is 2.44. The van der Waals surface area contributed by atoms with Gasteiger partial charge in [0.1, 0.15) is 4.70 Å². The zero-order chi connectivity index (χ0) is 9.26. The summed E-state index contributed by atoms with van der Waals surface area (Å²) in [4.78, 5) is 0. The summed E-state index contributed by atoms with van der Waals surface area (Å²) in [5, 5.41) is 1.26. The predicted octanol–water partition coefficient (Wildman–Crippen LogP) is -0.866. The van der Waals surface area contributed by atoms with Crippen LogP contribution in [0.1, 0.15) is 5.01 Å². The number of terminal acetylenes is 1. The van der Waals surface area contributed by atoms with Gasteiger partial charge in [0, 0.05) is 13.0 Å². The highest BCUT2D eigenvalue weighted by Crippen LogP contribution is 2.18. The number of thiazole rings is 1. The van der Waals surface area contributed by atoms with Crippen molar-refractivity contribution in [1.29, 1.82) is 0 Å². The quantitative estimate of drug-likeness (QED) is 0.468. The molecule has 2 aromatic rings. The Kier molecular flexibility index (Phi) is 3.68. The molecule has 72 valence electrons. The third kappa shape index (κ3) is 1.82. The van der Waals surface area contributed by atoms with E-state index < -0.39 is 0 Å². The summed E-state index contributed by atoms with van der Waals surface area (Å²) in [5.74, 6) is 2.67. The third-order valence-corrected chi connectivity index (χ3v) is 3.12. The lowest BCUT2D eigenvalue weighted by molar-refractivity contribution is -0.660. The van der Waals surface area contributed by atoms with Gasteiger partial charge in [-0.25, -0.2) is 0 Å². The molecule has 1 aromatic carbocycles. The fourth-order valence-electron chi connectivity index (χ4n) is 1.44. The Hall–Kier alpha value is -0.850. The summed E-state index contributed by atoms with van der Waals surface area (Å²) in [6.07, 6.45) is 5.31. The monoisotopic (exact) mass is 267 g/mol. The topological polar surface area (TPSA) is 3.88 Å². The molecular formula is C11H10BrNS. The number of rotatable bonds is 1. The smallest absolute Gasteiger partial charge is 0.236 e. The summed E-state index contributed by atoms with van der Waals surface area (Å²) in [6, 6.07) is 8.33. The summed E-state index contributed by atoms with van der Waals surface area (Å²) in [5.41, 5.74) is 1.24. The Morgan fingerprint density at radius 1 is 1.43 bits per heavy atom. The van der Waals surface area contributed by atoms with Crippen molar-refractivity contribution in [3.05, 3.63) is 29.3 Å². The van der Waals surface area contributed by atoms with Gasteiger partial charge in [0.05, 0.1) is 0 Å². The third-order valence-electron chi connectivity index (χ3n) is 2.04. The molecule has 14 heavy (non-hydrogen) atoms. The molecule has 0 radical (unpaired) electrons. The number of aromatic nitrogens is 1. The minimum atomic E-state index is 0. The number of hydrogen-bond donors (Lipinski definition) is 0. The summed E-state index contributed by atoms with van der Waals surface area (Å²) < 4.78 is 3.47. The van der Waals surface area contributed by atoms with E-state index in [1.54, 1.807) is 11.3 Å². The van der Waals surface area contributed by atoms with Crippen molar-refractivity contribution in [2.45, 2.75) is 13.5 Å². The molecule has 1 heterocycles. The minimum absolute atomic E-state index is 0. The Labute approximate surface area is 98.2 Å². The number of para-hydroxylation sites is 1. The van der Waals surface area contributed by atoms with E-state index in [-0.39, 0.29) is 17.0 Å². The van der Waals surface area contributed by atoms with E-state index in [9.17, 15) is 0 Å². The van der Waals surface area contributed by atoms with Gasteiger partial charge in [0.2, 0.25) is 17.1 Å². The van der Waals surface area contributed by atoms with Gasteiger partial charge >= 0.3 is 0 Å². The van der Waals surface area contributed by atoms with Crippen LogP contribution >= 0.6 is 11.3 Å². The first-order valence-corrected chi connectivity index (χ1v) is 4.96. The van der Waals surface area contributed by atoms with Gasteiger partial charge < -0.3 is 17.0 Å². The molecule has 1 nitrogen and oxygen atoms in total. The number of hydrogen-bond acceptors (Lipinski definition) is 1. The fourth-order valence-corrected chi connectivity index (χ4v) is 2.46. The highest BCUT2D eigenvalue weighted by molar-refractivity contribution is 7.18. The highest BCUT2D eigenvalue weighted by atomic mass is 79.9. The molecule has 0 spiro atoms. The van der Waals surface area contributed by atoms with E-state index in [1.807, 2.05) is 6.07 Å². The zero-order valence-electron chi connectivity index (χ0n) is 7.83. The standard InChI is InChI=1S/C11H10NS.BrH/c1-3-8-12-9(2)13-11-7-5-4-6-10(11)12;/h1,4-7H,8H2,2H3;1H/q+1;/p-1. The van der Waals surface area contributed by atoms with Crippen molar-refractivity contribution in [2.24, 2.45) is 0 Å². The largest absolute Gasteiger partial charge is 1.00 e. The Bertz CT molecular complexity index is 481. The number of aryl methyl sites for hydroxylation is 1. The minimum Gasteiger partial charge on any atom is -1.00 e. The van der Waals surface area contributed by atoms with Gasteiger partial charge in [-0.15, -0.1) is 6.42 Å². The first-order valence-electron chi connectivity index (χ1n) is 4.14. The van der Waals surface area contributed by atoms with Crippen molar-refractivity contribution in [2.75, 3.05) is 0 Å². The van der Waals surface area contributed by atoms with Crippen LogP contribution in [-0.2, 0) is 6.54 Å². The number of benzene rings is 1. The van der Waals surface area contributed by atoms with Crippen LogP contribution in [0.15, 0.2) is 24.3 Å². The van der Waals surface area contributed by atoms with Crippen LogP contribution < -0.4 is 21.5 Å². The van der Waals surface area contributed by atoms with E-state index >= 15 is 0 Å². The molecule has 0 aliphatic heterocycles. The lowest BCUT2D eigenvalue weighted by Gasteiger charge is -1.88. The Morgan fingerprint density at radius 2 is 2.14 bits per heavy atom. The molecule has 0 fully saturated rings. The Morgan fingerprint density at radius 3 is 2.86 bits per heavy atom. The van der Waals surface area contributed by atoms with Crippen LogP contribution in [0.2, 0.25) is 0 Å². The lowest BCUT2D eigenvalue weighted by atomic mass is 10.3. The van der Waals surface area contributed by atoms with Crippen molar-refractivity contribution < 1.29 is 21.5 Å². The second-order valence-corrected chi connectivity index (χ2v) is 4.11. The van der Waals surface area contributed by atoms with Crippen LogP contribution in [-0.4, -0.2) is 0 Å². The second-order valence-electron chi connectivity index (χ2n) is 2.88. The van der Waals surface area contributed by atoms with Gasteiger partial charge in [-0.2, -0.15) is 4.57 Å². The van der Waals surface area contributed by atoms with Crippen LogP contribution in [0.4, 0.5) is 0 Å². The van der Waals surface area contributed by atoms with Crippen molar-refractivity contribution in [1.82, 2.24) is 0 Å². The van der Waals surface area contributed by atoms with E-state index in [1.165, 1.54) is 15.2 Å². The van der Waals surface area contributed by atoms with Gasteiger partial charge in [0.25, 0.3) is 0 Å². The molecular weight excluding hydrogens is 258 g/mol. The fraction of sp³-hybridized carbons (Fsp3) is 0.182. The summed E-state index contributed by atoms with van der Waals surface area (Å²) >= 11 is 1.79. The second kappa shape index (κ2) is 4.59. The maximum absolute atomic E-state index is 5.31. The maximum atomic E-state index is 5.31. The van der Waals surface area contributed by atoms with Crippen molar-refractivity contribution in [3.63, 3.8) is 0 Å². The average molecular weight is 268 g/mol. The molecule has 3 heteroatoms. The molecule has 0 saturated heterocycles. The predicted molar refractivity (Wildman–Crippen MR) is 55.6 cm³/mol. The van der Waals surface area contributed by atoms with Crippen LogP contribution in [0.3, 0.4) is 0 Å². The number of fused-ring (bicyclic) bond motifs is 1. The van der Waals surface area contributed by atoms with E-state index in [2.05, 4.69) is 35.6 Å².